The van der Waals surface area contributed by atoms with Gasteiger partial charge in [-0.3, -0.25) is 4.98 Å². The Kier molecular flexibility index (Phi) is 4.63. The number of alkyl halides is 3. The molecule has 0 aliphatic carbocycles. The maximum atomic E-state index is 12.6. The number of hydrogen-bond donors (Lipinski definition) is 3. The highest BCUT2D eigenvalue weighted by molar-refractivity contribution is 6.05. The van der Waals surface area contributed by atoms with E-state index in [2.05, 4.69) is 25.6 Å². The topological polar surface area (TPSA) is 82.7 Å². The van der Waals surface area contributed by atoms with Crippen LogP contribution >= 0.6 is 0 Å². The summed E-state index contributed by atoms with van der Waals surface area (Å²) < 4.78 is 37.8. The van der Waals surface area contributed by atoms with Crippen LogP contribution in [-0.2, 0) is 6.18 Å². The summed E-state index contributed by atoms with van der Waals surface area (Å²) in [6.45, 7) is 0. The van der Waals surface area contributed by atoms with Gasteiger partial charge in [-0.1, -0.05) is 6.07 Å². The lowest BCUT2D eigenvalue weighted by Gasteiger charge is -2.09. The van der Waals surface area contributed by atoms with Crippen molar-refractivity contribution in [3.05, 3.63) is 72.6 Å². The van der Waals surface area contributed by atoms with E-state index in [1.54, 1.807) is 24.5 Å². The standard InChI is InChI=1S/C20H14F3N5O/c21-20(22,23)12-4-6-13(7-5-12)26-19(29)28-17-11-25-18-14(17)8-9-16(27-18)15-3-1-2-10-24-15/h1-11H,(H,25,27)(H2,26,28,29). The third kappa shape index (κ3) is 4.03. The number of benzene rings is 1. The van der Waals surface area contributed by atoms with Gasteiger partial charge in [0.15, 0.2) is 0 Å². The molecule has 0 unspecified atom stereocenters. The maximum absolute atomic E-state index is 12.6. The third-order valence-electron chi connectivity index (χ3n) is 4.18. The van der Waals surface area contributed by atoms with Gasteiger partial charge < -0.3 is 15.6 Å². The van der Waals surface area contributed by atoms with Crippen LogP contribution < -0.4 is 10.6 Å². The second kappa shape index (κ2) is 7.27. The van der Waals surface area contributed by atoms with Crippen molar-refractivity contribution in [2.24, 2.45) is 0 Å². The number of nitrogens with one attached hydrogen (secondary N) is 3. The van der Waals surface area contributed by atoms with E-state index < -0.39 is 17.8 Å². The molecular weight excluding hydrogens is 383 g/mol. The van der Waals surface area contributed by atoms with E-state index >= 15 is 0 Å². The number of pyridine rings is 2. The molecule has 1 aromatic carbocycles. The second-order valence-electron chi connectivity index (χ2n) is 6.16. The Morgan fingerprint density at radius 1 is 0.931 bits per heavy atom. The largest absolute Gasteiger partial charge is 0.416 e. The number of halogens is 3. The van der Waals surface area contributed by atoms with E-state index in [1.807, 2.05) is 18.2 Å². The first-order valence-electron chi connectivity index (χ1n) is 8.55. The lowest BCUT2D eigenvalue weighted by Crippen LogP contribution is -2.19. The molecule has 146 valence electrons. The molecule has 0 saturated carbocycles. The molecular formula is C20H14F3N5O. The summed E-state index contributed by atoms with van der Waals surface area (Å²) in [5.41, 5.74) is 1.92. The Hall–Kier alpha value is -3.88. The van der Waals surface area contributed by atoms with Crippen molar-refractivity contribution >= 4 is 28.4 Å². The molecule has 3 aromatic heterocycles. The monoisotopic (exact) mass is 397 g/mol. The smallest absolute Gasteiger partial charge is 0.344 e. The number of rotatable bonds is 3. The van der Waals surface area contributed by atoms with Gasteiger partial charge in [0.2, 0.25) is 0 Å². The number of urea groups is 1. The Labute approximate surface area is 162 Å². The van der Waals surface area contributed by atoms with Gasteiger partial charge in [0.05, 0.1) is 22.6 Å². The average Bonchev–Trinajstić information content (AvgIpc) is 3.10. The fraction of sp³-hybridized carbons (Fsp3) is 0.0500. The van der Waals surface area contributed by atoms with Crippen LogP contribution in [0.4, 0.5) is 29.3 Å². The number of aromatic nitrogens is 3. The summed E-state index contributed by atoms with van der Waals surface area (Å²) in [5.74, 6) is 0. The van der Waals surface area contributed by atoms with E-state index in [-0.39, 0.29) is 5.69 Å². The quantitative estimate of drug-likeness (QED) is 0.439. The summed E-state index contributed by atoms with van der Waals surface area (Å²) in [4.78, 5) is 23.9. The van der Waals surface area contributed by atoms with Crippen LogP contribution in [0.2, 0.25) is 0 Å². The molecule has 0 radical (unpaired) electrons. The molecule has 3 heterocycles. The van der Waals surface area contributed by atoms with Gasteiger partial charge in [-0.25, -0.2) is 9.78 Å². The van der Waals surface area contributed by atoms with E-state index in [4.69, 9.17) is 0 Å². The van der Waals surface area contributed by atoms with Gasteiger partial charge in [0.25, 0.3) is 0 Å². The van der Waals surface area contributed by atoms with Crippen LogP contribution in [0.5, 0.6) is 0 Å². The molecule has 4 aromatic rings. The first-order valence-corrected chi connectivity index (χ1v) is 8.55. The maximum Gasteiger partial charge on any atom is 0.416 e. The molecule has 0 spiro atoms. The van der Waals surface area contributed by atoms with Crippen molar-refractivity contribution in [2.75, 3.05) is 10.6 Å². The van der Waals surface area contributed by atoms with Crippen molar-refractivity contribution in [3.63, 3.8) is 0 Å². The van der Waals surface area contributed by atoms with E-state index in [0.29, 0.717) is 22.4 Å². The average molecular weight is 397 g/mol. The molecule has 0 aliphatic heterocycles. The van der Waals surface area contributed by atoms with Crippen LogP contribution in [0.3, 0.4) is 0 Å². The highest BCUT2D eigenvalue weighted by Gasteiger charge is 2.30. The van der Waals surface area contributed by atoms with Crippen molar-refractivity contribution in [2.45, 2.75) is 6.18 Å². The second-order valence-corrected chi connectivity index (χ2v) is 6.16. The van der Waals surface area contributed by atoms with Crippen LogP contribution in [0.15, 0.2) is 67.0 Å². The first-order chi connectivity index (χ1) is 13.9. The fourth-order valence-corrected chi connectivity index (χ4v) is 2.79. The number of fused-ring (bicyclic) bond motifs is 1. The number of carbonyl (C=O) groups excluding carboxylic acids is 1. The zero-order valence-electron chi connectivity index (χ0n) is 14.8. The highest BCUT2D eigenvalue weighted by atomic mass is 19.4. The Bertz CT molecular complexity index is 1150. The van der Waals surface area contributed by atoms with Crippen molar-refractivity contribution in [1.82, 2.24) is 15.0 Å². The Balaban J connectivity index is 1.48. The number of anilines is 2. The SMILES string of the molecule is O=C(Nc1ccc(C(F)(F)F)cc1)Nc1c[nH]c2nc(-c3ccccn3)ccc12. The zero-order valence-corrected chi connectivity index (χ0v) is 14.8. The molecule has 0 atom stereocenters. The number of aromatic amines is 1. The number of carbonyl (C=O) groups is 1. The Morgan fingerprint density at radius 2 is 1.72 bits per heavy atom. The zero-order chi connectivity index (χ0) is 20.4. The summed E-state index contributed by atoms with van der Waals surface area (Å²) >= 11 is 0. The van der Waals surface area contributed by atoms with Gasteiger partial charge >= 0.3 is 12.2 Å². The lowest BCUT2D eigenvalue weighted by atomic mass is 10.2. The summed E-state index contributed by atoms with van der Waals surface area (Å²) in [5, 5.41) is 5.84. The van der Waals surface area contributed by atoms with Crippen LogP contribution in [0, 0.1) is 0 Å². The van der Waals surface area contributed by atoms with Gasteiger partial charge in [-0.15, -0.1) is 0 Å². The minimum Gasteiger partial charge on any atom is -0.344 e. The van der Waals surface area contributed by atoms with Crippen LogP contribution in [0.25, 0.3) is 22.4 Å². The number of nitrogens with zero attached hydrogens (tertiary/aromatic N) is 2. The molecule has 0 bridgehead atoms. The summed E-state index contributed by atoms with van der Waals surface area (Å²) in [6, 6.07) is 12.7. The number of hydrogen-bond acceptors (Lipinski definition) is 3. The molecule has 9 heteroatoms. The minimum absolute atomic E-state index is 0.242. The summed E-state index contributed by atoms with van der Waals surface area (Å²) in [6.07, 6.45) is -1.16. The number of H-pyrrole nitrogens is 1. The van der Waals surface area contributed by atoms with Gasteiger partial charge in [0, 0.05) is 23.5 Å². The van der Waals surface area contributed by atoms with Gasteiger partial charge in [-0.05, 0) is 48.5 Å². The fourth-order valence-electron chi connectivity index (χ4n) is 2.79. The van der Waals surface area contributed by atoms with E-state index in [1.165, 1.54) is 12.1 Å². The predicted octanol–water partition coefficient (Wildman–Crippen LogP) is 5.29. The summed E-state index contributed by atoms with van der Waals surface area (Å²) in [7, 11) is 0. The van der Waals surface area contributed by atoms with Crippen molar-refractivity contribution in [3.8, 4) is 11.4 Å². The third-order valence-corrected chi connectivity index (χ3v) is 4.18. The van der Waals surface area contributed by atoms with E-state index in [9.17, 15) is 18.0 Å². The normalized spacial score (nSPS) is 11.4. The molecule has 0 fully saturated rings. The van der Waals surface area contributed by atoms with Crippen LogP contribution in [-0.4, -0.2) is 21.0 Å². The van der Waals surface area contributed by atoms with E-state index in [0.717, 1.165) is 17.8 Å². The molecule has 0 saturated heterocycles. The van der Waals surface area contributed by atoms with Gasteiger partial charge in [0.1, 0.15) is 5.65 Å². The molecule has 2 amide bonds. The minimum atomic E-state index is -4.42. The molecule has 0 aliphatic rings. The van der Waals surface area contributed by atoms with Crippen molar-refractivity contribution in [1.29, 1.82) is 0 Å². The number of amides is 2. The Morgan fingerprint density at radius 3 is 2.41 bits per heavy atom. The van der Waals surface area contributed by atoms with Gasteiger partial charge in [-0.2, -0.15) is 13.2 Å². The molecule has 3 N–H and O–H groups in total. The molecule has 4 rings (SSSR count). The molecule has 29 heavy (non-hydrogen) atoms. The predicted molar refractivity (Wildman–Crippen MR) is 103 cm³/mol. The highest BCUT2D eigenvalue weighted by Crippen LogP contribution is 2.30. The first kappa shape index (κ1) is 18.5. The van der Waals surface area contributed by atoms with Crippen molar-refractivity contribution < 1.29 is 18.0 Å². The van der Waals surface area contributed by atoms with Crippen LogP contribution in [0.1, 0.15) is 5.56 Å². The lowest BCUT2D eigenvalue weighted by molar-refractivity contribution is -0.137. The molecule has 6 nitrogen and oxygen atoms in total.